The Morgan fingerprint density at radius 3 is 2.65 bits per heavy atom. The maximum atomic E-state index is 13.5. The van der Waals surface area contributed by atoms with E-state index in [1.807, 2.05) is 36.4 Å². The molecule has 1 aromatic heterocycles. The average molecular weight is 572 g/mol. The molecular formula is C30H45N5O4S. The zero-order valence-corrected chi connectivity index (χ0v) is 24.9. The molecule has 0 fully saturated rings. The molecule has 5 N–H and O–H groups in total. The van der Waals surface area contributed by atoms with Crippen LogP contribution < -0.4 is 15.9 Å². The molecule has 2 aliphatic carbocycles. The predicted molar refractivity (Wildman–Crippen MR) is 159 cm³/mol. The van der Waals surface area contributed by atoms with Crippen molar-refractivity contribution in [3.05, 3.63) is 77.7 Å². The highest BCUT2D eigenvalue weighted by atomic mass is 32.2. The first-order valence-electron chi connectivity index (χ1n) is 14.0. The van der Waals surface area contributed by atoms with Gasteiger partial charge in [0.2, 0.25) is 10.0 Å². The van der Waals surface area contributed by atoms with Gasteiger partial charge in [-0.15, -0.1) is 0 Å². The van der Waals surface area contributed by atoms with Crippen molar-refractivity contribution in [1.82, 2.24) is 20.1 Å². The van der Waals surface area contributed by atoms with E-state index in [9.17, 15) is 18.3 Å². The Kier molecular flexibility index (Phi) is 11.4. The first kappa shape index (κ1) is 31.9. The van der Waals surface area contributed by atoms with Gasteiger partial charge >= 0.3 is 0 Å². The second-order valence-electron chi connectivity index (χ2n) is 11.6. The number of allylic oxidation sites excluding steroid dienone is 5. The Bertz CT molecular complexity index is 1220. The van der Waals surface area contributed by atoms with Crippen LogP contribution in [0.4, 0.5) is 0 Å². The van der Waals surface area contributed by atoms with E-state index in [0.29, 0.717) is 13.0 Å². The number of carbonyl (C=O) groups is 1. The van der Waals surface area contributed by atoms with Crippen LogP contribution >= 0.6 is 0 Å². The quantitative estimate of drug-likeness (QED) is 0.267. The maximum absolute atomic E-state index is 13.5. The minimum absolute atomic E-state index is 0.0856. The summed E-state index contributed by atoms with van der Waals surface area (Å²) in [5, 5.41) is 12.7. The van der Waals surface area contributed by atoms with Gasteiger partial charge in [-0.2, -0.15) is 0 Å². The summed E-state index contributed by atoms with van der Waals surface area (Å²) < 4.78 is 27.3. The second-order valence-corrected chi connectivity index (χ2v) is 13.7. The van der Waals surface area contributed by atoms with Crippen molar-refractivity contribution in [3.8, 4) is 0 Å². The average Bonchev–Trinajstić information content (AvgIpc) is 2.92. The third-order valence-electron chi connectivity index (χ3n) is 7.19. The Morgan fingerprint density at radius 1 is 1.30 bits per heavy atom. The number of nitrogens with two attached hydrogens (primary N) is 1. The molecule has 1 heterocycles. The number of hydrogen-bond donors (Lipinski definition) is 4. The van der Waals surface area contributed by atoms with Crippen molar-refractivity contribution in [2.24, 2.45) is 11.1 Å². The lowest BCUT2D eigenvalue weighted by Crippen LogP contribution is -2.59. The molecule has 0 aromatic carbocycles. The number of amides is 1. The van der Waals surface area contributed by atoms with Crippen LogP contribution in [0.1, 0.15) is 65.0 Å². The van der Waals surface area contributed by atoms with Gasteiger partial charge in [0, 0.05) is 36.9 Å². The number of nitrogens with one attached hydrogen (secondary N) is 2. The van der Waals surface area contributed by atoms with Gasteiger partial charge in [-0.05, 0) is 55.7 Å². The predicted octanol–water partition coefficient (Wildman–Crippen LogP) is 3.09. The molecule has 0 saturated heterocycles. The Morgan fingerprint density at radius 2 is 2.08 bits per heavy atom. The minimum Gasteiger partial charge on any atom is -0.390 e. The maximum Gasteiger partial charge on any atom is 0.252 e. The molecule has 0 spiro atoms. The van der Waals surface area contributed by atoms with E-state index in [4.69, 9.17) is 5.73 Å². The Labute approximate surface area is 239 Å². The van der Waals surface area contributed by atoms with E-state index in [1.165, 1.54) is 12.5 Å². The first-order valence-corrected chi connectivity index (χ1v) is 15.6. The third kappa shape index (κ3) is 9.78. The highest BCUT2D eigenvalue weighted by molar-refractivity contribution is 7.89. The van der Waals surface area contributed by atoms with E-state index in [2.05, 4.69) is 33.4 Å². The van der Waals surface area contributed by atoms with Gasteiger partial charge < -0.3 is 10.8 Å². The number of nitrogens with zero attached hydrogens (tertiary/aromatic N) is 2. The second kappa shape index (κ2) is 14.3. The molecule has 3 rings (SSSR count). The standard InChI is InChI=1S/C30H45N5O4S/c1-5-40(38,39)34-28(30(2,3)4)29(37)33-35(21-27(36)25(31)19-22-11-7-6-8-12-22)20-23-14-16-24(17-15-23)26-13-9-10-18-32-26/h6-7,9-11,13-16,18,24-25,27-28,34,36H,5,8,12,17,19-21,31H2,1-4H3,(H,33,37). The molecule has 220 valence electrons. The molecule has 0 bridgehead atoms. The lowest BCUT2D eigenvalue weighted by Gasteiger charge is -2.34. The molecule has 9 nitrogen and oxygen atoms in total. The Hall–Kier alpha value is -2.63. The normalized spacial score (nSPS) is 20.0. The van der Waals surface area contributed by atoms with Gasteiger partial charge in [-0.3, -0.25) is 15.2 Å². The summed E-state index contributed by atoms with van der Waals surface area (Å²) in [6.45, 7) is 7.36. The number of carbonyl (C=O) groups excluding carboxylic acids is 1. The summed E-state index contributed by atoms with van der Waals surface area (Å²) in [6.07, 6.45) is 16.4. The Balaban J connectivity index is 1.75. The zero-order chi connectivity index (χ0) is 29.3. The molecule has 1 amide bonds. The molecule has 2 aliphatic rings. The number of hydrazine groups is 1. The number of aliphatic hydroxyl groups is 1. The van der Waals surface area contributed by atoms with Crippen LogP contribution in [0.25, 0.3) is 0 Å². The van der Waals surface area contributed by atoms with Crippen LogP contribution in [0.5, 0.6) is 0 Å². The molecule has 0 radical (unpaired) electrons. The summed E-state index contributed by atoms with van der Waals surface area (Å²) in [7, 11) is -3.63. The lowest BCUT2D eigenvalue weighted by atomic mass is 9.87. The summed E-state index contributed by atoms with van der Waals surface area (Å²) >= 11 is 0. The molecule has 4 unspecified atom stereocenters. The first-order chi connectivity index (χ1) is 18.9. The number of pyridine rings is 1. The lowest BCUT2D eigenvalue weighted by molar-refractivity contribution is -0.130. The smallest absolute Gasteiger partial charge is 0.252 e. The van der Waals surface area contributed by atoms with E-state index >= 15 is 0 Å². The van der Waals surface area contributed by atoms with E-state index in [0.717, 1.165) is 30.5 Å². The van der Waals surface area contributed by atoms with Crippen LogP contribution in [-0.2, 0) is 14.8 Å². The van der Waals surface area contributed by atoms with Gasteiger partial charge in [0.1, 0.15) is 6.04 Å². The number of rotatable bonds is 13. The summed E-state index contributed by atoms with van der Waals surface area (Å²) in [6, 6.07) is 4.34. The van der Waals surface area contributed by atoms with Gasteiger partial charge in [-0.25, -0.2) is 18.1 Å². The van der Waals surface area contributed by atoms with Crippen LogP contribution in [0, 0.1) is 5.41 Å². The van der Waals surface area contributed by atoms with E-state index < -0.39 is 39.5 Å². The molecule has 10 heteroatoms. The molecule has 40 heavy (non-hydrogen) atoms. The van der Waals surface area contributed by atoms with Gasteiger partial charge in [0.05, 0.1) is 11.9 Å². The summed E-state index contributed by atoms with van der Waals surface area (Å²) in [4.78, 5) is 17.9. The van der Waals surface area contributed by atoms with Crippen LogP contribution in [0.2, 0.25) is 0 Å². The summed E-state index contributed by atoms with van der Waals surface area (Å²) in [5.74, 6) is -0.458. The highest BCUT2D eigenvalue weighted by Gasteiger charge is 2.35. The number of aromatic nitrogens is 1. The van der Waals surface area contributed by atoms with E-state index in [1.54, 1.807) is 32.0 Å². The van der Waals surface area contributed by atoms with Crippen LogP contribution in [-0.4, -0.2) is 66.5 Å². The van der Waals surface area contributed by atoms with Crippen LogP contribution in [0.3, 0.4) is 0 Å². The van der Waals surface area contributed by atoms with Crippen molar-refractivity contribution in [2.75, 3.05) is 18.8 Å². The SMILES string of the molecule is CCS(=O)(=O)NC(C(=O)NN(CC1=CCC(c2ccccn2)C=C1)CC(O)C(N)CC1=CC=CCC1)C(C)(C)C. The fraction of sp³-hybridized carbons (Fsp3) is 0.533. The van der Waals surface area contributed by atoms with Gasteiger partial charge in [0.15, 0.2) is 0 Å². The summed E-state index contributed by atoms with van der Waals surface area (Å²) in [5.41, 5.74) is 11.7. The van der Waals surface area contributed by atoms with E-state index in [-0.39, 0.29) is 18.2 Å². The highest BCUT2D eigenvalue weighted by Crippen LogP contribution is 2.26. The van der Waals surface area contributed by atoms with Gasteiger partial charge in [0.25, 0.3) is 5.91 Å². The molecule has 0 saturated carbocycles. The van der Waals surface area contributed by atoms with Crippen molar-refractivity contribution in [3.63, 3.8) is 0 Å². The van der Waals surface area contributed by atoms with Crippen LogP contribution in [0.15, 0.2) is 72.0 Å². The number of hydrogen-bond acceptors (Lipinski definition) is 7. The molecular weight excluding hydrogens is 526 g/mol. The van der Waals surface area contributed by atoms with Crippen molar-refractivity contribution >= 4 is 15.9 Å². The van der Waals surface area contributed by atoms with Crippen molar-refractivity contribution < 1.29 is 18.3 Å². The zero-order valence-electron chi connectivity index (χ0n) is 24.1. The largest absolute Gasteiger partial charge is 0.390 e. The number of aliphatic hydroxyl groups excluding tert-OH is 1. The van der Waals surface area contributed by atoms with Crippen molar-refractivity contribution in [2.45, 2.75) is 77.5 Å². The number of sulfonamides is 1. The third-order valence-corrected chi connectivity index (χ3v) is 8.55. The molecule has 4 atom stereocenters. The molecule has 0 aliphatic heterocycles. The molecule has 1 aromatic rings. The fourth-order valence-electron chi connectivity index (χ4n) is 4.70. The topological polar surface area (TPSA) is 138 Å². The monoisotopic (exact) mass is 571 g/mol. The fourth-order valence-corrected chi connectivity index (χ4v) is 5.68. The van der Waals surface area contributed by atoms with Gasteiger partial charge in [-0.1, -0.05) is 68.9 Å². The minimum atomic E-state index is -3.63. The van der Waals surface area contributed by atoms with Crippen molar-refractivity contribution in [1.29, 1.82) is 0 Å².